The number of β-amino-alcohol motifs (C(OH)–C–C–N with tert-alkyl or cyclic N) is 1. The fraction of sp³-hybridized carbons (Fsp3) is 0.509. The number of aliphatic hydroxyl groups is 1. The third-order valence-electron chi connectivity index (χ3n) is 14.9. The molecule has 390 valence electrons. The lowest BCUT2D eigenvalue weighted by Crippen LogP contribution is -2.59. The van der Waals surface area contributed by atoms with Gasteiger partial charge in [0.25, 0.3) is 5.91 Å². The lowest BCUT2D eigenvalue weighted by molar-refractivity contribution is -0.145. The van der Waals surface area contributed by atoms with Crippen molar-refractivity contribution >= 4 is 51.6 Å². The van der Waals surface area contributed by atoms with Gasteiger partial charge in [0.05, 0.1) is 40.9 Å². The highest BCUT2D eigenvalue weighted by Crippen LogP contribution is 2.42. The number of hydrogen-bond donors (Lipinski definition) is 4. The molecule has 3 aromatic carbocycles. The topological polar surface area (TPSA) is 172 Å². The monoisotopic (exact) mass is 1020 g/mol. The van der Waals surface area contributed by atoms with Gasteiger partial charge in [-0.2, -0.15) is 0 Å². The van der Waals surface area contributed by atoms with E-state index in [1.807, 2.05) is 62.4 Å². The van der Waals surface area contributed by atoms with Gasteiger partial charge in [-0.15, -0.1) is 11.3 Å². The van der Waals surface area contributed by atoms with E-state index in [-0.39, 0.29) is 55.9 Å². The predicted molar refractivity (Wildman–Crippen MR) is 279 cm³/mol. The van der Waals surface area contributed by atoms with E-state index in [1.165, 1.54) is 22.3 Å². The molecule has 0 radical (unpaired) electrons. The first kappa shape index (κ1) is 53.3. The molecule has 1 aliphatic heterocycles. The molecule has 0 bridgehead atoms. The Morgan fingerprint density at radius 3 is 2.30 bits per heavy atom. The number of anilines is 1. The fourth-order valence-corrected chi connectivity index (χ4v) is 11.0. The number of carbonyl (C=O) groups excluding carboxylic acids is 4. The molecule has 4 amide bonds. The van der Waals surface area contributed by atoms with Crippen molar-refractivity contribution in [3.8, 4) is 21.9 Å². The maximum atomic E-state index is 14.7. The molecule has 4 atom stereocenters. The quantitative estimate of drug-likeness (QED) is 0.0522. The second kappa shape index (κ2) is 23.5. The van der Waals surface area contributed by atoms with Crippen LogP contribution in [-0.2, 0) is 25.7 Å². The van der Waals surface area contributed by atoms with Crippen molar-refractivity contribution in [1.82, 2.24) is 25.5 Å². The number of rotatable bonds is 21. The average molecular weight is 1020 g/mol. The molecule has 1 saturated heterocycles. The summed E-state index contributed by atoms with van der Waals surface area (Å²) in [6.45, 7) is 10.3. The summed E-state index contributed by atoms with van der Waals surface area (Å²) in [4.78, 5) is 64.9. The van der Waals surface area contributed by atoms with Crippen LogP contribution in [-0.4, -0.2) is 87.2 Å². The molecule has 3 fully saturated rings. The predicted octanol–water partition coefficient (Wildman–Crippen LogP) is 10.4. The van der Waals surface area contributed by atoms with Crippen LogP contribution in [0.1, 0.15) is 127 Å². The molecule has 0 spiro atoms. The van der Waals surface area contributed by atoms with Crippen molar-refractivity contribution < 1.29 is 42.5 Å². The second-order valence-corrected chi connectivity index (χ2v) is 22.2. The molecule has 2 saturated carbocycles. The minimum atomic E-state index is -1.97. The molecule has 4 N–H and O–H groups in total. The van der Waals surface area contributed by atoms with E-state index >= 15 is 0 Å². The Labute approximate surface area is 431 Å². The molecule has 3 heterocycles. The van der Waals surface area contributed by atoms with Crippen molar-refractivity contribution in [3.63, 3.8) is 0 Å². The first-order chi connectivity index (χ1) is 35.0. The summed E-state index contributed by atoms with van der Waals surface area (Å²) >= 11 is 1.54. The number of aryl methyl sites for hydroxylation is 1. The zero-order valence-corrected chi connectivity index (χ0v) is 43.5. The maximum absolute atomic E-state index is 14.7. The number of aliphatic hydroxyl groups excluding tert-OH is 1. The summed E-state index contributed by atoms with van der Waals surface area (Å²) in [5.41, 5.74) is 4.34. The van der Waals surface area contributed by atoms with Crippen LogP contribution in [0, 0.1) is 30.0 Å². The number of alkyl halides is 1. The molecule has 8 rings (SSSR count). The highest BCUT2D eigenvalue weighted by molar-refractivity contribution is 7.13. The highest BCUT2D eigenvalue weighted by atomic mass is 32.1. The number of aromatic nitrogens is 2. The third-order valence-corrected chi connectivity index (χ3v) is 15.9. The fourth-order valence-electron chi connectivity index (χ4n) is 10.2. The van der Waals surface area contributed by atoms with Crippen LogP contribution < -0.4 is 25.4 Å². The standard InChI is InChI=1S/C57H70F2N6O7S/c1-35(37-11-13-38(14-12-37)45-23-26-60-47-22-17-41(58)30-46(45)47)52(67)63-42-18-20-44(21-19-42)71-27-9-7-6-8-10-28-72-49-29-39(50-36(2)62-34-73-50)15-16-40(49)32-61-53(68)48-31-43(66)33-65(48)54(69)51(56(3,4)5)64-55(70)57(59)24-25-57/h15-23,26,29-30,34-35,37-38,43,48,51,66H,6-14,24-25,27-28,31-33H2,1-5H3,(H,61,68)(H,63,67)(H,64,70)/t35-,37-,38+,43-,48+,51-/m1/s1. The van der Waals surface area contributed by atoms with Crippen molar-refractivity contribution in [2.45, 2.75) is 148 Å². The zero-order chi connectivity index (χ0) is 51.9. The van der Waals surface area contributed by atoms with Gasteiger partial charge in [-0.1, -0.05) is 59.1 Å². The minimum Gasteiger partial charge on any atom is -0.494 e. The van der Waals surface area contributed by atoms with Crippen molar-refractivity contribution in [3.05, 3.63) is 101 Å². The number of likely N-dealkylation sites (tertiary alicyclic amines) is 1. The molecule has 5 aromatic rings. The number of carbonyl (C=O) groups is 4. The number of pyridine rings is 1. The summed E-state index contributed by atoms with van der Waals surface area (Å²) < 4.78 is 41.1. The van der Waals surface area contributed by atoms with Gasteiger partial charge in [-0.25, -0.2) is 13.8 Å². The van der Waals surface area contributed by atoms with E-state index in [2.05, 4.69) is 25.9 Å². The maximum Gasteiger partial charge on any atom is 0.258 e. The smallest absolute Gasteiger partial charge is 0.258 e. The van der Waals surface area contributed by atoms with Crippen molar-refractivity contribution in [1.29, 1.82) is 0 Å². The first-order valence-electron chi connectivity index (χ1n) is 26.0. The van der Waals surface area contributed by atoms with Crippen molar-refractivity contribution in [2.24, 2.45) is 17.3 Å². The Morgan fingerprint density at radius 2 is 1.62 bits per heavy atom. The number of nitrogens with zero attached hydrogens (tertiary/aromatic N) is 3. The van der Waals surface area contributed by atoms with Crippen LogP contribution in [0.5, 0.6) is 11.5 Å². The van der Waals surface area contributed by atoms with Crippen LogP contribution in [0.25, 0.3) is 21.3 Å². The van der Waals surface area contributed by atoms with E-state index < -0.39 is 47.0 Å². The van der Waals surface area contributed by atoms with E-state index in [9.17, 15) is 33.1 Å². The van der Waals surface area contributed by atoms with Gasteiger partial charge in [0, 0.05) is 48.3 Å². The summed E-state index contributed by atoms with van der Waals surface area (Å²) in [5, 5.41) is 20.2. The number of benzene rings is 3. The van der Waals surface area contributed by atoms with E-state index in [1.54, 1.807) is 44.6 Å². The number of ether oxygens (including phenoxy) is 2. The number of amides is 4. The number of unbranched alkanes of at least 4 members (excludes halogenated alkanes) is 4. The molecular formula is C57H70F2N6O7S. The summed E-state index contributed by atoms with van der Waals surface area (Å²) in [6, 6.07) is 18.1. The number of halogens is 2. The van der Waals surface area contributed by atoms with Crippen LogP contribution in [0.2, 0.25) is 0 Å². The number of nitrogens with one attached hydrogen (secondary N) is 3. The summed E-state index contributed by atoms with van der Waals surface area (Å²) in [5.74, 6) is -0.217. The van der Waals surface area contributed by atoms with Gasteiger partial charge in [0.15, 0.2) is 5.67 Å². The molecule has 2 aliphatic carbocycles. The largest absolute Gasteiger partial charge is 0.494 e. The zero-order valence-electron chi connectivity index (χ0n) is 42.7. The Morgan fingerprint density at radius 1 is 0.904 bits per heavy atom. The first-order valence-corrected chi connectivity index (χ1v) is 26.9. The third kappa shape index (κ3) is 13.4. The number of hydrogen-bond acceptors (Lipinski definition) is 10. The Hall–Kier alpha value is -6.00. The van der Waals surface area contributed by atoms with Crippen LogP contribution >= 0.6 is 11.3 Å². The summed E-state index contributed by atoms with van der Waals surface area (Å²) in [7, 11) is 0. The summed E-state index contributed by atoms with van der Waals surface area (Å²) in [6.07, 6.45) is 9.53. The van der Waals surface area contributed by atoms with Crippen LogP contribution in [0.15, 0.2) is 78.4 Å². The van der Waals surface area contributed by atoms with Gasteiger partial charge in [-0.3, -0.25) is 24.2 Å². The number of fused-ring (bicyclic) bond motifs is 1. The molecule has 13 nitrogen and oxygen atoms in total. The van der Waals surface area contributed by atoms with E-state index in [0.29, 0.717) is 24.9 Å². The Kier molecular flexibility index (Phi) is 17.1. The van der Waals surface area contributed by atoms with E-state index in [4.69, 9.17) is 9.47 Å². The van der Waals surface area contributed by atoms with Gasteiger partial charge >= 0.3 is 0 Å². The normalized spacial score (nSPS) is 20.2. The molecule has 16 heteroatoms. The van der Waals surface area contributed by atoms with Crippen molar-refractivity contribution in [2.75, 3.05) is 25.1 Å². The molecular weight excluding hydrogens is 951 g/mol. The molecule has 2 aromatic heterocycles. The van der Waals surface area contributed by atoms with Gasteiger partial charge < -0.3 is 35.4 Å². The molecule has 3 aliphatic rings. The van der Waals surface area contributed by atoms with E-state index in [0.717, 1.165) is 107 Å². The second-order valence-electron chi connectivity index (χ2n) is 21.4. The Balaban J connectivity index is 0.752. The lowest BCUT2D eigenvalue weighted by atomic mass is 9.73. The molecule has 0 unspecified atom stereocenters. The lowest BCUT2D eigenvalue weighted by Gasteiger charge is -2.35. The molecule has 73 heavy (non-hydrogen) atoms. The van der Waals surface area contributed by atoms with Crippen LogP contribution in [0.4, 0.5) is 14.5 Å². The highest BCUT2D eigenvalue weighted by Gasteiger charge is 2.53. The van der Waals surface area contributed by atoms with Gasteiger partial charge in [0.1, 0.15) is 29.4 Å². The Bertz CT molecular complexity index is 2730. The van der Waals surface area contributed by atoms with Gasteiger partial charge in [0.2, 0.25) is 17.7 Å². The minimum absolute atomic E-state index is 0.0100. The van der Waals surface area contributed by atoms with Gasteiger partial charge in [-0.05, 0) is 141 Å². The SMILES string of the molecule is Cc1ncsc1-c1ccc(CNC(=O)[C@@H]2C[C@@H](O)CN2C(=O)[C@@H](NC(=O)C2(F)CC2)C(C)(C)C)c(OCCCCCCCOc2ccc(NC(=O)[C@H](C)[C@H]3CC[C@@H](c4ccnc5ccc(F)cc54)CC3)cc2)c1. The number of thiazole rings is 1. The van der Waals surface area contributed by atoms with Crippen LogP contribution in [0.3, 0.4) is 0 Å². The average Bonchev–Trinajstić information content (AvgIpc) is 3.78.